The van der Waals surface area contributed by atoms with E-state index in [1.807, 2.05) is 44.2 Å². The highest BCUT2D eigenvalue weighted by molar-refractivity contribution is 9.11. The summed E-state index contributed by atoms with van der Waals surface area (Å²) in [7, 11) is 0. The van der Waals surface area contributed by atoms with Crippen molar-refractivity contribution in [3.63, 3.8) is 0 Å². The lowest BCUT2D eigenvalue weighted by atomic mass is 10.0. The number of hydrogen-bond donors (Lipinski definition) is 2. The second kappa shape index (κ2) is 11.0. The summed E-state index contributed by atoms with van der Waals surface area (Å²) in [5, 5.41) is 10.0. The van der Waals surface area contributed by atoms with E-state index in [0.29, 0.717) is 20.4 Å². The molecule has 0 aliphatic rings. The van der Waals surface area contributed by atoms with Gasteiger partial charge in [-0.05, 0) is 80.1 Å². The molecular formula is C25H23Br2NO5. The van der Waals surface area contributed by atoms with Crippen LogP contribution in [0.1, 0.15) is 41.3 Å². The molecule has 0 amide bonds. The number of phenols is 1. The molecule has 0 spiro atoms. The smallest absolute Gasteiger partial charge is 0.345 e. The SMILES string of the molecule is CC(C)c1cc(Oc2c(Br)cc(C(=O)OC(=O)[C@@H](N)Cc3ccccc3)cc2Br)ccc1O. The Balaban J connectivity index is 1.72. The zero-order valence-electron chi connectivity index (χ0n) is 18.0. The number of halogens is 2. The lowest BCUT2D eigenvalue weighted by Gasteiger charge is -2.15. The fourth-order valence-electron chi connectivity index (χ4n) is 3.13. The van der Waals surface area contributed by atoms with E-state index in [-0.39, 0.29) is 23.7 Å². The highest BCUT2D eigenvalue weighted by Crippen LogP contribution is 2.39. The summed E-state index contributed by atoms with van der Waals surface area (Å²) in [6, 6.07) is 16.3. The maximum atomic E-state index is 12.5. The number of carbonyl (C=O) groups is 2. The van der Waals surface area contributed by atoms with Crippen LogP contribution in [0.25, 0.3) is 0 Å². The predicted molar refractivity (Wildman–Crippen MR) is 133 cm³/mol. The summed E-state index contributed by atoms with van der Waals surface area (Å²) >= 11 is 6.81. The van der Waals surface area contributed by atoms with Gasteiger partial charge in [0.15, 0.2) is 5.75 Å². The molecule has 1 atom stereocenters. The quantitative estimate of drug-likeness (QED) is 0.261. The first-order chi connectivity index (χ1) is 15.7. The van der Waals surface area contributed by atoms with Gasteiger partial charge >= 0.3 is 11.9 Å². The van der Waals surface area contributed by atoms with Gasteiger partial charge in [0.1, 0.15) is 17.5 Å². The Morgan fingerprint density at radius 2 is 1.64 bits per heavy atom. The van der Waals surface area contributed by atoms with Crippen LogP contribution in [-0.4, -0.2) is 23.1 Å². The predicted octanol–water partition coefficient (Wildman–Crippen LogP) is 6.09. The molecule has 0 saturated carbocycles. The van der Waals surface area contributed by atoms with Gasteiger partial charge in [-0.15, -0.1) is 0 Å². The van der Waals surface area contributed by atoms with Crippen LogP contribution in [0.2, 0.25) is 0 Å². The molecule has 172 valence electrons. The molecule has 3 N–H and O–H groups in total. The molecule has 0 unspecified atom stereocenters. The van der Waals surface area contributed by atoms with Crippen LogP contribution in [0, 0.1) is 0 Å². The Hall–Kier alpha value is -2.68. The fraction of sp³-hybridized carbons (Fsp3) is 0.200. The molecule has 33 heavy (non-hydrogen) atoms. The maximum absolute atomic E-state index is 12.5. The van der Waals surface area contributed by atoms with Gasteiger partial charge in [-0.1, -0.05) is 44.2 Å². The topological polar surface area (TPSA) is 98.9 Å². The van der Waals surface area contributed by atoms with Crippen molar-refractivity contribution in [3.05, 3.63) is 86.3 Å². The Labute approximate surface area is 209 Å². The van der Waals surface area contributed by atoms with Crippen LogP contribution >= 0.6 is 31.9 Å². The van der Waals surface area contributed by atoms with Crippen LogP contribution in [0.15, 0.2) is 69.6 Å². The molecule has 0 radical (unpaired) electrons. The molecule has 0 saturated heterocycles. The lowest BCUT2D eigenvalue weighted by molar-refractivity contribution is -0.139. The van der Waals surface area contributed by atoms with Gasteiger partial charge in [-0.2, -0.15) is 0 Å². The number of benzene rings is 3. The number of rotatable bonds is 7. The molecule has 6 nitrogen and oxygen atoms in total. The number of ether oxygens (including phenoxy) is 2. The molecule has 0 aliphatic heterocycles. The monoisotopic (exact) mass is 575 g/mol. The number of aromatic hydroxyl groups is 1. The minimum Gasteiger partial charge on any atom is -0.508 e. The first-order valence-electron chi connectivity index (χ1n) is 10.2. The molecule has 8 heteroatoms. The second-order valence-corrected chi connectivity index (χ2v) is 9.46. The van der Waals surface area contributed by atoms with Gasteiger partial charge in [0, 0.05) is 5.56 Å². The van der Waals surface area contributed by atoms with Crippen molar-refractivity contribution in [2.75, 3.05) is 0 Å². The normalized spacial score (nSPS) is 11.8. The number of phenolic OH excluding ortho intramolecular Hbond substituents is 1. The van der Waals surface area contributed by atoms with Gasteiger partial charge < -0.3 is 20.3 Å². The molecule has 0 aromatic heterocycles. The third-order valence-corrected chi connectivity index (χ3v) is 6.05. The highest BCUT2D eigenvalue weighted by Gasteiger charge is 2.22. The number of nitrogens with two attached hydrogens (primary N) is 1. The molecule has 0 heterocycles. The van der Waals surface area contributed by atoms with E-state index in [2.05, 4.69) is 31.9 Å². The van der Waals surface area contributed by atoms with Crippen molar-refractivity contribution in [3.8, 4) is 17.2 Å². The van der Waals surface area contributed by atoms with E-state index in [9.17, 15) is 14.7 Å². The van der Waals surface area contributed by atoms with Crippen LogP contribution < -0.4 is 10.5 Å². The van der Waals surface area contributed by atoms with Crippen molar-refractivity contribution in [1.82, 2.24) is 0 Å². The Morgan fingerprint density at radius 3 is 2.24 bits per heavy atom. The standard InChI is InChI=1S/C25H23Br2NO5/c1-14(2)18-13-17(8-9-22(18)29)32-23-19(26)11-16(12-20(23)27)24(30)33-25(31)21(28)10-15-6-4-3-5-7-15/h3-9,11-14,21,29H,10,28H2,1-2H3/t21-/m0/s1. The third-order valence-electron chi connectivity index (χ3n) is 4.87. The van der Waals surface area contributed by atoms with Crippen molar-refractivity contribution in [2.45, 2.75) is 32.2 Å². The lowest BCUT2D eigenvalue weighted by Crippen LogP contribution is -2.35. The summed E-state index contributed by atoms with van der Waals surface area (Å²) < 4.78 is 11.9. The Bertz CT molecular complexity index is 1140. The first-order valence-corrected chi connectivity index (χ1v) is 11.8. The van der Waals surface area contributed by atoms with E-state index in [4.69, 9.17) is 15.2 Å². The van der Waals surface area contributed by atoms with E-state index < -0.39 is 18.0 Å². The molecule has 3 aromatic rings. The summed E-state index contributed by atoms with van der Waals surface area (Å²) in [6.45, 7) is 3.94. The largest absolute Gasteiger partial charge is 0.508 e. The summed E-state index contributed by atoms with van der Waals surface area (Å²) in [5.74, 6) is -0.355. The van der Waals surface area contributed by atoms with Gasteiger partial charge in [0.05, 0.1) is 14.5 Å². The molecular weight excluding hydrogens is 554 g/mol. The van der Waals surface area contributed by atoms with Crippen molar-refractivity contribution in [2.24, 2.45) is 5.73 Å². The minimum atomic E-state index is -0.963. The summed E-state index contributed by atoms with van der Waals surface area (Å²) in [6.07, 6.45) is 0.262. The Morgan fingerprint density at radius 1 is 1.00 bits per heavy atom. The van der Waals surface area contributed by atoms with Gasteiger partial charge in [0.25, 0.3) is 0 Å². The maximum Gasteiger partial charge on any atom is 0.345 e. The average molecular weight is 577 g/mol. The highest BCUT2D eigenvalue weighted by atomic mass is 79.9. The average Bonchev–Trinajstić information content (AvgIpc) is 2.77. The van der Waals surface area contributed by atoms with E-state index in [0.717, 1.165) is 11.1 Å². The Kier molecular flexibility index (Phi) is 8.29. The second-order valence-electron chi connectivity index (χ2n) is 7.75. The van der Waals surface area contributed by atoms with E-state index in [1.54, 1.807) is 18.2 Å². The van der Waals surface area contributed by atoms with Crippen LogP contribution in [0.5, 0.6) is 17.2 Å². The third kappa shape index (κ3) is 6.43. The molecule has 0 aliphatic carbocycles. The molecule has 0 fully saturated rings. The van der Waals surface area contributed by atoms with Crippen LogP contribution in [0.4, 0.5) is 0 Å². The number of hydrogen-bond acceptors (Lipinski definition) is 6. The first kappa shape index (κ1) is 25.0. The number of carbonyl (C=O) groups excluding carboxylic acids is 2. The molecule has 3 rings (SSSR count). The van der Waals surface area contributed by atoms with E-state index in [1.165, 1.54) is 12.1 Å². The van der Waals surface area contributed by atoms with E-state index >= 15 is 0 Å². The summed E-state index contributed by atoms with van der Waals surface area (Å²) in [5.41, 5.74) is 7.68. The zero-order valence-corrected chi connectivity index (χ0v) is 21.2. The molecule has 3 aromatic carbocycles. The molecule has 0 bridgehead atoms. The van der Waals surface area contributed by atoms with Crippen LogP contribution in [-0.2, 0) is 16.0 Å². The minimum absolute atomic E-state index is 0.114. The van der Waals surface area contributed by atoms with Gasteiger partial charge in [0.2, 0.25) is 0 Å². The van der Waals surface area contributed by atoms with Gasteiger partial charge in [-0.25, -0.2) is 9.59 Å². The van der Waals surface area contributed by atoms with Crippen molar-refractivity contribution < 1.29 is 24.2 Å². The zero-order chi connectivity index (χ0) is 24.1. The summed E-state index contributed by atoms with van der Waals surface area (Å²) in [4.78, 5) is 24.8. The fourth-order valence-corrected chi connectivity index (χ4v) is 4.48. The van der Waals surface area contributed by atoms with Gasteiger partial charge in [-0.3, -0.25) is 0 Å². The van der Waals surface area contributed by atoms with Crippen molar-refractivity contribution >= 4 is 43.8 Å². The van der Waals surface area contributed by atoms with Crippen molar-refractivity contribution in [1.29, 1.82) is 0 Å². The van der Waals surface area contributed by atoms with Crippen LogP contribution in [0.3, 0.4) is 0 Å². The number of esters is 2.